The van der Waals surface area contributed by atoms with Gasteiger partial charge in [-0.2, -0.15) is 18.2 Å². The second-order valence-corrected chi connectivity index (χ2v) is 7.55. The number of amides is 1. The summed E-state index contributed by atoms with van der Waals surface area (Å²) in [5, 5.41) is 8.61. The lowest BCUT2D eigenvalue weighted by atomic mass is 9.96. The van der Waals surface area contributed by atoms with Crippen LogP contribution in [0.15, 0.2) is 27.9 Å². The average Bonchev–Trinajstić information content (AvgIpc) is 3.10. The maximum atomic E-state index is 12.7. The number of likely N-dealkylation sites (tertiary alicyclic amines) is 1. The first-order valence-electron chi connectivity index (χ1n) is 7.73. The molecule has 2 N–H and O–H groups in total. The Bertz CT molecular complexity index is 952. The van der Waals surface area contributed by atoms with Crippen molar-refractivity contribution in [3.05, 3.63) is 24.4 Å². The van der Waals surface area contributed by atoms with Crippen LogP contribution in [0.5, 0.6) is 0 Å². The molecule has 0 radical (unpaired) electrons. The summed E-state index contributed by atoms with van der Waals surface area (Å²) >= 11 is 0. The van der Waals surface area contributed by atoms with E-state index in [9.17, 15) is 26.4 Å². The van der Waals surface area contributed by atoms with Crippen LogP contribution in [0.1, 0.15) is 23.5 Å². The number of primary sulfonamides is 1. The molecule has 0 atom stereocenters. The molecule has 3 rings (SSSR count). The molecule has 146 valence electrons. The number of alkyl halides is 3. The first-order valence-corrected chi connectivity index (χ1v) is 9.28. The lowest BCUT2D eigenvalue weighted by molar-refractivity contribution is -0.183. The third-order valence-corrected chi connectivity index (χ3v) is 5.03. The Morgan fingerprint density at radius 2 is 1.93 bits per heavy atom. The Labute approximate surface area is 151 Å². The molecule has 1 aliphatic rings. The number of hydrogen-bond acceptors (Lipinski definition) is 7. The van der Waals surface area contributed by atoms with Crippen LogP contribution in [-0.4, -0.2) is 53.6 Å². The predicted octanol–water partition coefficient (Wildman–Crippen LogP) is 1.19. The molecule has 0 saturated carbocycles. The fraction of sp³-hybridized carbons (Fsp3) is 0.429. The zero-order valence-electron chi connectivity index (χ0n) is 13.7. The lowest BCUT2D eigenvalue weighted by Gasteiger charge is -2.31. The van der Waals surface area contributed by atoms with E-state index in [0.29, 0.717) is 0 Å². The van der Waals surface area contributed by atoms with Gasteiger partial charge in [-0.05, 0) is 18.9 Å². The molecule has 3 heterocycles. The number of aromatic nitrogens is 3. The van der Waals surface area contributed by atoms with E-state index >= 15 is 0 Å². The van der Waals surface area contributed by atoms with Crippen LogP contribution in [0.25, 0.3) is 11.4 Å². The fourth-order valence-corrected chi connectivity index (χ4v) is 3.17. The lowest BCUT2D eigenvalue weighted by Crippen LogP contribution is -2.42. The maximum Gasteiger partial charge on any atom is 0.391 e. The molecule has 0 aromatic carbocycles. The quantitative estimate of drug-likeness (QED) is 0.811. The van der Waals surface area contributed by atoms with Crippen LogP contribution in [0, 0.1) is 5.92 Å². The zero-order chi connectivity index (χ0) is 19.8. The summed E-state index contributed by atoms with van der Waals surface area (Å²) in [5.41, 5.74) is 0.153. The number of sulfonamides is 1. The van der Waals surface area contributed by atoms with Gasteiger partial charge in [0, 0.05) is 31.0 Å². The summed E-state index contributed by atoms with van der Waals surface area (Å²) in [6.07, 6.45) is -2.39. The highest BCUT2D eigenvalue weighted by Crippen LogP contribution is 2.34. The van der Waals surface area contributed by atoms with Gasteiger partial charge in [0.15, 0.2) is 0 Å². The first-order chi connectivity index (χ1) is 12.6. The monoisotopic (exact) mass is 405 g/mol. The highest BCUT2D eigenvalue weighted by Gasteiger charge is 2.42. The molecule has 1 amide bonds. The molecule has 13 heteroatoms. The van der Waals surface area contributed by atoms with E-state index < -0.39 is 33.9 Å². The molecular weight excluding hydrogens is 391 g/mol. The minimum Gasteiger partial charge on any atom is -0.334 e. The largest absolute Gasteiger partial charge is 0.391 e. The summed E-state index contributed by atoms with van der Waals surface area (Å²) < 4.78 is 65.7. The molecule has 0 bridgehead atoms. The van der Waals surface area contributed by atoms with Gasteiger partial charge in [0.1, 0.15) is 4.90 Å². The van der Waals surface area contributed by atoms with E-state index in [1.54, 1.807) is 0 Å². The molecule has 2 aromatic heterocycles. The van der Waals surface area contributed by atoms with E-state index in [-0.39, 0.29) is 42.2 Å². The van der Waals surface area contributed by atoms with Crippen molar-refractivity contribution in [2.45, 2.75) is 23.9 Å². The third-order valence-electron chi connectivity index (χ3n) is 4.15. The Kier molecular flexibility index (Phi) is 4.90. The molecule has 9 nitrogen and oxygen atoms in total. The highest BCUT2D eigenvalue weighted by atomic mass is 32.2. The van der Waals surface area contributed by atoms with Crippen LogP contribution in [-0.2, 0) is 10.0 Å². The van der Waals surface area contributed by atoms with Gasteiger partial charge in [-0.1, -0.05) is 5.16 Å². The van der Waals surface area contributed by atoms with E-state index in [0.717, 1.165) is 12.3 Å². The number of pyridine rings is 1. The number of hydrogen-bond donors (Lipinski definition) is 1. The van der Waals surface area contributed by atoms with Gasteiger partial charge in [0.2, 0.25) is 15.8 Å². The predicted molar refractivity (Wildman–Crippen MR) is 83.6 cm³/mol. The molecule has 0 spiro atoms. The minimum absolute atomic E-state index is 0.0802. The Balaban J connectivity index is 1.74. The van der Waals surface area contributed by atoms with Crippen molar-refractivity contribution in [3.63, 3.8) is 0 Å². The molecule has 0 unspecified atom stereocenters. The van der Waals surface area contributed by atoms with Crippen molar-refractivity contribution in [2.75, 3.05) is 13.1 Å². The number of nitrogens with zero attached hydrogens (tertiary/aromatic N) is 4. The Hall–Kier alpha value is -2.54. The van der Waals surface area contributed by atoms with Crippen molar-refractivity contribution in [2.24, 2.45) is 11.1 Å². The van der Waals surface area contributed by atoms with Crippen LogP contribution in [0.3, 0.4) is 0 Å². The van der Waals surface area contributed by atoms with Crippen LogP contribution in [0.2, 0.25) is 0 Å². The van der Waals surface area contributed by atoms with Crippen molar-refractivity contribution in [3.8, 4) is 11.4 Å². The first kappa shape index (κ1) is 19.2. The minimum atomic E-state index is -4.28. The van der Waals surface area contributed by atoms with E-state index in [1.165, 1.54) is 11.1 Å². The molecule has 0 aliphatic carbocycles. The standard InChI is InChI=1S/C14H14F3N5O4S/c15-14(16,17)9-1-3-22(4-2-9)13(23)12-20-11(21-26-12)8-5-10(7-19-6-8)27(18,24)25/h5-7,9H,1-4H2,(H2,18,24,25). The van der Waals surface area contributed by atoms with E-state index in [4.69, 9.17) is 9.66 Å². The fourth-order valence-electron chi connectivity index (χ4n) is 2.67. The number of halogens is 3. The summed E-state index contributed by atoms with van der Waals surface area (Å²) in [7, 11) is -3.99. The van der Waals surface area contributed by atoms with Gasteiger partial charge in [-0.15, -0.1) is 0 Å². The second kappa shape index (κ2) is 6.88. The molecule has 2 aromatic rings. The smallest absolute Gasteiger partial charge is 0.334 e. The summed E-state index contributed by atoms with van der Waals surface area (Å²) in [6, 6.07) is 1.16. The maximum absolute atomic E-state index is 12.7. The van der Waals surface area contributed by atoms with Crippen molar-refractivity contribution in [1.82, 2.24) is 20.0 Å². The Morgan fingerprint density at radius 3 is 2.52 bits per heavy atom. The number of rotatable bonds is 3. The van der Waals surface area contributed by atoms with Gasteiger partial charge in [0.25, 0.3) is 0 Å². The van der Waals surface area contributed by atoms with Crippen molar-refractivity contribution in [1.29, 1.82) is 0 Å². The third kappa shape index (κ3) is 4.24. The normalized spacial score (nSPS) is 16.5. The molecule has 1 aliphatic heterocycles. The van der Waals surface area contributed by atoms with Crippen molar-refractivity contribution < 1.29 is 30.9 Å². The number of carbonyl (C=O) groups excluding carboxylic acids is 1. The second-order valence-electron chi connectivity index (χ2n) is 5.99. The summed E-state index contributed by atoms with van der Waals surface area (Å²) in [6.45, 7) is -0.160. The number of piperidine rings is 1. The highest BCUT2D eigenvalue weighted by molar-refractivity contribution is 7.89. The molecular formula is C14H14F3N5O4S. The summed E-state index contributed by atoms with van der Waals surface area (Å²) in [4.78, 5) is 20.9. The van der Waals surface area contributed by atoms with Gasteiger partial charge >= 0.3 is 18.0 Å². The summed E-state index contributed by atoms with van der Waals surface area (Å²) in [5.74, 6) is -2.63. The van der Waals surface area contributed by atoms with Gasteiger partial charge in [-0.3, -0.25) is 9.78 Å². The average molecular weight is 405 g/mol. The Morgan fingerprint density at radius 1 is 1.26 bits per heavy atom. The van der Waals surface area contributed by atoms with Gasteiger partial charge in [0.05, 0.1) is 5.92 Å². The van der Waals surface area contributed by atoms with Crippen LogP contribution >= 0.6 is 0 Å². The molecule has 27 heavy (non-hydrogen) atoms. The van der Waals surface area contributed by atoms with Gasteiger partial charge < -0.3 is 9.42 Å². The SMILES string of the molecule is NS(=O)(=O)c1cncc(-c2noc(C(=O)N3CCC(C(F)(F)F)CC3)n2)c1. The van der Waals surface area contributed by atoms with Crippen LogP contribution < -0.4 is 5.14 Å². The number of nitrogens with two attached hydrogens (primary N) is 1. The molecule has 1 fully saturated rings. The molecule has 1 saturated heterocycles. The van der Waals surface area contributed by atoms with Gasteiger partial charge in [-0.25, -0.2) is 13.6 Å². The van der Waals surface area contributed by atoms with E-state index in [2.05, 4.69) is 15.1 Å². The van der Waals surface area contributed by atoms with Crippen LogP contribution in [0.4, 0.5) is 13.2 Å². The zero-order valence-corrected chi connectivity index (χ0v) is 14.5. The van der Waals surface area contributed by atoms with E-state index in [1.807, 2.05) is 0 Å². The van der Waals surface area contributed by atoms with Crippen molar-refractivity contribution >= 4 is 15.9 Å². The topological polar surface area (TPSA) is 132 Å². The number of carbonyl (C=O) groups is 1.